The standard InChI is InChI=1S/C18H18ClNO3/c1-21-14-10-12-8-9-20-16(11-4-6-13(19)7-5-11)15(12)18(23-3)17(14)22-2/h4-7,10H,8-9H2,1-3H3. The van der Waals surface area contributed by atoms with Crippen molar-refractivity contribution in [2.45, 2.75) is 6.42 Å². The maximum atomic E-state index is 6.00. The molecule has 5 heteroatoms. The molecule has 0 spiro atoms. The van der Waals surface area contributed by atoms with E-state index in [1.54, 1.807) is 21.3 Å². The molecule has 0 unspecified atom stereocenters. The summed E-state index contributed by atoms with van der Waals surface area (Å²) in [4.78, 5) is 4.71. The Labute approximate surface area is 140 Å². The number of ether oxygens (including phenoxy) is 3. The Hall–Kier alpha value is -2.20. The van der Waals surface area contributed by atoms with Gasteiger partial charge in [-0.15, -0.1) is 0 Å². The van der Waals surface area contributed by atoms with Crippen LogP contribution in [0.3, 0.4) is 0 Å². The largest absolute Gasteiger partial charge is 0.493 e. The summed E-state index contributed by atoms with van der Waals surface area (Å²) in [5, 5.41) is 0.699. The monoisotopic (exact) mass is 331 g/mol. The average molecular weight is 332 g/mol. The molecule has 0 aromatic heterocycles. The first-order valence-electron chi connectivity index (χ1n) is 7.32. The van der Waals surface area contributed by atoms with Gasteiger partial charge in [0.1, 0.15) is 0 Å². The Bertz CT molecular complexity index is 754. The first-order chi connectivity index (χ1) is 11.2. The second kappa shape index (κ2) is 6.50. The second-order valence-electron chi connectivity index (χ2n) is 5.17. The van der Waals surface area contributed by atoms with E-state index in [0.717, 1.165) is 35.4 Å². The molecular formula is C18H18ClNO3. The molecule has 0 atom stereocenters. The van der Waals surface area contributed by atoms with Crippen molar-refractivity contribution in [2.24, 2.45) is 4.99 Å². The highest BCUT2D eigenvalue weighted by Crippen LogP contribution is 2.44. The Morgan fingerprint density at radius 1 is 0.957 bits per heavy atom. The van der Waals surface area contributed by atoms with Crippen LogP contribution in [0, 0.1) is 0 Å². The summed E-state index contributed by atoms with van der Waals surface area (Å²) in [7, 11) is 4.86. The van der Waals surface area contributed by atoms with E-state index < -0.39 is 0 Å². The number of fused-ring (bicyclic) bond motifs is 1. The molecule has 0 saturated carbocycles. The third kappa shape index (κ3) is 2.75. The summed E-state index contributed by atoms with van der Waals surface area (Å²) in [6.07, 6.45) is 0.836. The molecule has 1 heterocycles. The van der Waals surface area contributed by atoms with Crippen molar-refractivity contribution in [1.82, 2.24) is 0 Å². The maximum Gasteiger partial charge on any atom is 0.203 e. The van der Waals surface area contributed by atoms with Crippen molar-refractivity contribution in [2.75, 3.05) is 27.9 Å². The molecule has 0 radical (unpaired) electrons. The van der Waals surface area contributed by atoms with E-state index in [0.29, 0.717) is 22.3 Å². The third-order valence-electron chi connectivity index (χ3n) is 3.92. The summed E-state index contributed by atoms with van der Waals surface area (Å²) in [5.41, 5.74) is 3.99. The van der Waals surface area contributed by atoms with Crippen LogP contribution in [0.1, 0.15) is 16.7 Å². The van der Waals surface area contributed by atoms with Crippen LogP contribution < -0.4 is 14.2 Å². The van der Waals surface area contributed by atoms with Gasteiger partial charge in [0.2, 0.25) is 5.75 Å². The summed E-state index contributed by atoms with van der Waals surface area (Å²) in [6.45, 7) is 0.726. The van der Waals surface area contributed by atoms with Gasteiger partial charge in [-0.25, -0.2) is 0 Å². The molecule has 4 nitrogen and oxygen atoms in total. The lowest BCUT2D eigenvalue weighted by Crippen LogP contribution is -2.16. The van der Waals surface area contributed by atoms with Gasteiger partial charge in [0.05, 0.1) is 27.0 Å². The highest BCUT2D eigenvalue weighted by atomic mass is 35.5. The smallest absolute Gasteiger partial charge is 0.203 e. The predicted octanol–water partition coefficient (Wildman–Crippen LogP) is 3.76. The molecule has 1 aliphatic rings. The molecule has 0 aliphatic carbocycles. The first-order valence-corrected chi connectivity index (χ1v) is 7.70. The van der Waals surface area contributed by atoms with Gasteiger partial charge in [0.25, 0.3) is 0 Å². The van der Waals surface area contributed by atoms with Crippen molar-refractivity contribution < 1.29 is 14.2 Å². The topological polar surface area (TPSA) is 40.0 Å². The number of methoxy groups -OCH3 is 3. The van der Waals surface area contributed by atoms with E-state index in [1.165, 1.54) is 0 Å². The minimum atomic E-state index is 0.581. The van der Waals surface area contributed by atoms with Gasteiger partial charge in [-0.3, -0.25) is 4.99 Å². The van der Waals surface area contributed by atoms with Gasteiger partial charge in [0, 0.05) is 22.7 Å². The van der Waals surface area contributed by atoms with Crippen LogP contribution in [-0.2, 0) is 6.42 Å². The minimum absolute atomic E-state index is 0.581. The van der Waals surface area contributed by atoms with Crippen LogP contribution in [-0.4, -0.2) is 33.6 Å². The SMILES string of the molecule is COc1cc2c(c(OC)c1OC)C(c1ccc(Cl)cc1)=NCC2. The number of nitrogens with zero attached hydrogens (tertiary/aromatic N) is 1. The normalized spacial score (nSPS) is 13.1. The lowest BCUT2D eigenvalue weighted by molar-refractivity contribution is 0.323. The molecule has 120 valence electrons. The first kappa shape index (κ1) is 15.7. The molecule has 2 aromatic rings. The fourth-order valence-electron chi connectivity index (χ4n) is 2.87. The van der Waals surface area contributed by atoms with Crippen LogP contribution in [0.2, 0.25) is 5.02 Å². The van der Waals surface area contributed by atoms with E-state index in [1.807, 2.05) is 30.3 Å². The molecule has 0 amide bonds. The summed E-state index contributed by atoms with van der Waals surface area (Å²) in [5.74, 6) is 1.90. The van der Waals surface area contributed by atoms with Gasteiger partial charge in [-0.1, -0.05) is 23.7 Å². The number of hydrogen-bond donors (Lipinski definition) is 0. The second-order valence-corrected chi connectivity index (χ2v) is 5.60. The number of benzene rings is 2. The lowest BCUT2D eigenvalue weighted by atomic mass is 9.91. The zero-order valence-electron chi connectivity index (χ0n) is 13.4. The van der Waals surface area contributed by atoms with Gasteiger partial charge in [-0.05, 0) is 30.2 Å². The van der Waals surface area contributed by atoms with E-state index in [-0.39, 0.29) is 0 Å². The summed E-state index contributed by atoms with van der Waals surface area (Å²) in [6, 6.07) is 9.65. The van der Waals surface area contributed by atoms with Gasteiger partial charge in [0.15, 0.2) is 11.5 Å². The molecule has 1 aliphatic heterocycles. The lowest BCUT2D eigenvalue weighted by Gasteiger charge is -2.23. The van der Waals surface area contributed by atoms with E-state index >= 15 is 0 Å². The van der Waals surface area contributed by atoms with Crippen molar-refractivity contribution in [3.05, 3.63) is 52.0 Å². The highest BCUT2D eigenvalue weighted by molar-refractivity contribution is 6.30. The quantitative estimate of drug-likeness (QED) is 0.856. The van der Waals surface area contributed by atoms with E-state index in [9.17, 15) is 0 Å². The van der Waals surface area contributed by atoms with Crippen molar-refractivity contribution in [3.63, 3.8) is 0 Å². The Balaban J connectivity index is 2.22. The zero-order chi connectivity index (χ0) is 16.4. The molecule has 0 saturated heterocycles. The van der Waals surface area contributed by atoms with Crippen LogP contribution in [0.5, 0.6) is 17.2 Å². The minimum Gasteiger partial charge on any atom is -0.493 e. The zero-order valence-corrected chi connectivity index (χ0v) is 14.1. The summed E-state index contributed by atoms with van der Waals surface area (Å²) >= 11 is 6.00. The maximum absolute atomic E-state index is 6.00. The van der Waals surface area contributed by atoms with Crippen LogP contribution in [0.15, 0.2) is 35.3 Å². The molecule has 23 heavy (non-hydrogen) atoms. The molecule has 2 aromatic carbocycles. The van der Waals surface area contributed by atoms with Crippen LogP contribution in [0.4, 0.5) is 0 Å². The Morgan fingerprint density at radius 3 is 2.26 bits per heavy atom. The van der Waals surface area contributed by atoms with Crippen LogP contribution in [0.25, 0.3) is 0 Å². The van der Waals surface area contributed by atoms with E-state index in [2.05, 4.69) is 0 Å². The average Bonchev–Trinajstić information content (AvgIpc) is 2.60. The fraction of sp³-hybridized carbons (Fsp3) is 0.278. The number of halogens is 1. The van der Waals surface area contributed by atoms with Crippen molar-refractivity contribution >= 4 is 17.3 Å². The molecule has 0 N–H and O–H groups in total. The van der Waals surface area contributed by atoms with Gasteiger partial charge < -0.3 is 14.2 Å². The number of rotatable bonds is 4. The molecule has 0 bridgehead atoms. The summed E-state index contributed by atoms with van der Waals surface area (Å²) < 4.78 is 16.6. The van der Waals surface area contributed by atoms with Gasteiger partial charge >= 0.3 is 0 Å². The molecule has 3 rings (SSSR count). The van der Waals surface area contributed by atoms with Gasteiger partial charge in [-0.2, -0.15) is 0 Å². The number of aliphatic imine (C=N–C) groups is 1. The fourth-order valence-corrected chi connectivity index (χ4v) is 3.00. The third-order valence-corrected chi connectivity index (χ3v) is 4.17. The van der Waals surface area contributed by atoms with Crippen LogP contribution >= 0.6 is 11.6 Å². The number of hydrogen-bond acceptors (Lipinski definition) is 4. The van der Waals surface area contributed by atoms with Crippen molar-refractivity contribution in [1.29, 1.82) is 0 Å². The van der Waals surface area contributed by atoms with Crippen molar-refractivity contribution in [3.8, 4) is 17.2 Å². The molecular weight excluding hydrogens is 314 g/mol. The predicted molar refractivity (Wildman–Crippen MR) is 91.8 cm³/mol. The Kier molecular flexibility index (Phi) is 4.44. The Morgan fingerprint density at radius 2 is 1.65 bits per heavy atom. The van der Waals surface area contributed by atoms with E-state index in [4.69, 9.17) is 30.8 Å². The molecule has 0 fully saturated rings. The highest BCUT2D eigenvalue weighted by Gasteiger charge is 2.26.